The van der Waals surface area contributed by atoms with Crippen molar-refractivity contribution in [3.63, 3.8) is 0 Å². The third-order valence-electron chi connectivity index (χ3n) is 3.77. The van der Waals surface area contributed by atoms with Gasteiger partial charge in [0.25, 0.3) is 11.8 Å². The first-order valence-corrected chi connectivity index (χ1v) is 9.42. The molecule has 1 aromatic heterocycles. The third-order valence-corrected chi connectivity index (χ3v) is 4.66. The van der Waals surface area contributed by atoms with Gasteiger partial charge in [0, 0.05) is 16.5 Å². The molecule has 144 valence electrons. The number of benzene rings is 2. The summed E-state index contributed by atoms with van der Waals surface area (Å²) < 4.78 is 10.7. The Morgan fingerprint density at radius 1 is 1.04 bits per heavy atom. The quantitative estimate of drug-likeness (QED) is 0.623. The summed E-state index contributed by atoms with van der Waals surface area (Å²) >= 11 is 1.36. The van der Waals surface area contributed by atoms with E-state index in [0.29, 0.717) is 23.7 Å². The van der Waals surface area contributed by atoms with Gasteiger partial charge in [0.1, 0.15) is 10.7 Å². The normalized spacial score (nSPS) is 10.2. The number of amides is 2. The molecule has 0 aliphatic heterocycles. The van der Waals surface area contributed by atoms with Crippen molar-refractivity contribution in [1.82, 2.24) is 15.8 Å². The van der Waals surface area contributed by atoms with Crippen LogP contribution >= 0.6 is 11.3 Å². The highest BCUT2D eigenvalue weighted by Gasteiger charge is 2.15. The predicted molar refractivity (Wildman–Crippen MR) is 107 cm³/mol. The fraction of sp³-hybridized carbons (Fsp3) is 0.150. The van der Waals surface area contributed by atoms with Crippen molar-refractivity contribution in [2.45, 2.75) is 6.92 Å². The lowest BCUT2D eigenvalue weighted by atomic mass is 10.2. The summed E-state index contributed by atoms with van der Waals surface area (Å²) in [4.78, 5) is 28.9. The average molecular weight is 397 g/mol. The first-order chi connectivity index (χ1) is 13.6. The van der Waals surface area contributed by atoms with Crippen molar-refractivity contribution in [3.8, 4) is 22.1 Å². The second kappa shape index (κ2) is 9.01. The zero-order valence-electron chi connectivity index (χ0n) is 15.4. The van der Waals surface area contributed by atoms with Gasteiger partial charge in [-0.25, -0.2) is 4.98 Å². The van der Waals surface area contributed by atoms with Crippen molar-refractivity contribution in [3.05, 3.63) is 65.2 Å². The van der Waals surface area contributed by atoms with E-state index in [4.69, 9.17) is 9.47 Å². The zero-order chi connectivity index (χ0) is 19.9. The first kappa shape index (κ1) is 19.4. The van der Waals surface area contributed by atoms with E-state index in [-0.39, 0.29) is 5.69 Å². The van der Waals surface area contributed by atoms with E-state index in [1.165, 1.54) is 18.4 Å². The number of carbonyl (C=O) groups excluding carboxylic acids is 2. The number of carbonyl (C=O) groups is 2. The largest absolute Gasteiger partial charge is 0.493 e. The summed E-state index contributed by atoms with van der Waals surface area (Å²) in [6.45, 7) is 2.34. The number of aromatic nitrogens is 1. The lowest BCUT2D eigenvalue weighted by molar-refractivity contribution is 0.0844. The Kier molecular flexibility index (Phi) is 6.23. The third kappa shape index (κ3) is 4.47. The first-order valence-electron chi connectivity index (χ1n) is 8.54. The van der Waals surface area contributed by atoms with Crippen LogP contribution in [-0.4, -0.2) is 30.5 Å². The van der Waals surface area contributed by atoms with Crippen LogP contribution in [0, 0.1) is 0 Å². The van der Waals surface area contributed by atoms with Crippen LogP contribution in [0.25, 0.3) is 10.6 Å². The van der Waals surface area contributed by atoms with Crippen molar-refractivity contribution >= 4 is 23.2 Å². The standard InChI is InChI=1S/C20H19N3O4S/c1-3-27-16-10-9-14(11-17(16)26-2)18(24)22-23-19(25)15-12-28-20(21-15)13-7-5-4-6-8-13/h4-12H,3H2,1-2H3,(H,22,24)(H,23,25). The van der Waals surface area contributed by atoms with Crippen LogP contribution < -0.4 is 20.3 Å². The van der Waals surface area contributed by atoms with Gasteiger partial charge >= 0.3 is 0 Å². The van der Waals surface area contributed by atoms with Gasteiger partial charge in [-0.05, 0) is 25.1 Å². The number of methoxy groups -OCH3 is 1. The lowest BCUT2D eigenvalue weighted by Crippen LogP contribution is -2.41. The highest BCUT2D eigenvalue weighted by molar-refractivity contribution is 7.13. The maximum atomic E-state index is 12.3. The van der Waals surface area contributed by atoms with E-state index in [9.17, 15) is 9.59 Å². The molecule has 0 bridgehead atoms. The molecule has 7 nitrogen and oxygen atoms in total. The average Bonchev–Trinajstić information content (AvgIpc) is 3.23. The van der Waals surface area contributed by atoms with E-state index in [1.807, 2.05) is 37.3 Å². The van der Waals surface area contributed by atoms with Gasteiger partial charge in [0.2, 0.25) is 0 Å². The molecule has 0 unspecified atom stereocenters. The number of thiazole rings is 1. The molecule has 0 radical (unpaired) electrons. The number of hydrogen-bond acceptors (Lipinski definition) is 6. The second-order valence-corrected chi connectivity index (χ2v) is 6.47. The SMILES string of the molecule is CCOc1ccc(C(=O)NNC(=O)c2csc(-c3ccccc3)n2)cc1OC. The van der Waals surface area contributed by atoms with E-state index >= 15 is 0 Å². The number of rotatable bonds is 6. The Morgan fingerprint density at radius 3 is 2.50 bits per heavy atom. The van der Waals surface area contributed by atoms with Crippen LogP contribution in [0.3, 0.4) is 0 Å². The molecule has 0 saturated carbocycles. The van der Waals surface area contributed by atoms with Gasteiger partial charge in [-0.15, -0.1) is 11.3 Å². The zero-order valence-corrected chi connectivity index (χ0v) is 16.2. The van der Waals surface area contributed by atoms with E-state index < -0.39 is 11.8 Å². The number of hydrogen-bond donors (Lipinski definition) is 2. The van der Waals surface area contributed by atoms with Crippen LogP contribution in [0.5, 0.6) is 11.5 Å². The lowest BCUT2D eigenvalue weighted by Gasteiger charge is -2.11. The molecule has 2 N–H and O–H groups in total. The van der Waals surface area contributed by atoms with Crippen molar-refractivity contribution in [1.29, 1.82) is 0 Å². The van der Waals surface area contributed by atoms with Gasteiger partial charge in [0.05, 0.1) is 13.7 Å². The highest BCUT2D eigenvalue weighted by atomic mass is 32.1. The molecule has 0 fully saturated rings. The molecule has 1 heterocycles. The minimum Gasteiger partial charge on any atom is -0.493 e. The minimum absolute atomic E-state index is 0.230. The van der Waals surface area contributed by atoms with Gasteiger partial charge in [0.15, 0.2) is 11.5 Å². The molecule has 3 rings (SSSR count). The maximum Gasteiger partial charge on any atom is 0.289 e. The molecule has 0 aliphatic carbocycles. The van der Waals surface area contributed by atoms with Gasteiger partial charge in [-0.3, -0.25) is 20.4 Å². The monoisotopic (exact) mass is 397 g/mol. The van der Waals surface area contributed by atoms with E-state index in [1.54, 1.807) is 23.6 Å². The summed E-state index contributed by atoms with van der Waals surface area (Å²) in [5, 5.41) is 2.37. The topological polar surface area (TPSA) is 89.6 Å². The molecule has 28 heavy (non-hydrogen) atoms. The summed E-state index contributed by atoms with van der Waals surface area (Å²) in [7, 11) is 1.49. The molecule has 0 saturated heterocycles. The van der Waals surface area contributed by atoms with E-state index in [0.717, 1.165) is 10.6 Å². The smallest absolute Gasteiger partial charge is 0.289 e. The van der Waals surface area contributed by atoms with Crippen LogP contribution in [0.1, 0.15) is 27.8 Å². The van der Waals surface area contributed by atoms with Gasteiger partial charge in [-0.2, -0.15) is 0 Å². The van der Waals surface area contributed by atoms with E-state index in [2.05, 4.69) is 15.8 Å². The van der Waals surface area contributed by atoms with Gasteiger partial charge < -0.3 is 9.47 Å². The van der Waals surface area contributed by atoms with Crippen LogP contribution in [-0.2, 0) is 0 Å². The molecule has 0 aliphatic rings. The summed E-state index contributed by atoms with van der Waals surface area (Å²) in [6, 6.07) is 14.3. The molecule has 8 heteroatoms. The summed E-state index contributed by atoms with van der Waals surface area (Å²) in [5.41, 5.74) is 6.23. The fourth-order valence-electron chi connectivity index (χ4n) is 2.42. The minimum atomic E-state index is -0.496. The van der Waals surface area contributed by atoms with Crippen molar-refractivity contribution in [2.24, 2.45) is 0 Å². The van der Waals surface area contributed by atoms with Crippen molar-refractivity contribution < 1.29 is 19.1 Å². The van der Waals surface area contributed by atoms with Crippen LogP contribution in [0.2, 0.25) is 0 Å². The second-order valence-electron chi connectivity index (χ2n) is 5.61. The Morgan fingerprint density at radius 2 is 1.79 bits per heavy atom. The van der Waals surface area contributed by atoms with Crippen LogP contribution in [0.4, 0.5) is 0 Å². The number of nitrogens with zero attached hydrogens (tertiary/aromatic N) is 1. The fourth-order valence-corrected chi connectivity index (χ4v) is 3.23. The van der Waals surface area contributed by atoms with Crippen LogP contribution in [0.15, 0.2) is 53.9 Å². The molecule has 0 spiro atoms. The molecule has 3 aromatic rings. The summed E-state index contributed by atoms with van der Waals surface area (Å²) in [5.74, 6) is 0.00669. The predicted octanol–water partition coefficient (Wildman–Crippen LogP) is 3.29. The highest BCUT2D eigenvalue weighted by Crippen LogP contribution is 2.28. The van der Waals surface area contributed by atoms with Crippen molar-refractivity contribution in [2.75, 3.05) is 13.7 Å². The number of hydrazine groups is 1. The molecule has 2 aromatic carbocycles. The molecular formula is C20H19N3O4S. The summed E-state index contributed by atoms with van der Waals surface area (Å²) in [6.07, 6.45) is 0. The Balaban J connectivity index is 1.63. The maximum absolute atomic E-state index is 12.3. The Bertz CT molecular complexity index is 973. The molecule has 2 amide bonds. The Hall–Kier alpha value is -3.39. The molecule has 0 atom stereocenters. The molecular weight excluding hydrogens is 378 g/mol. The Labute approximate surface area is 166 Å². The number of nitrogens with one attached hydrogen (secondary N) is 2. The van der Waals surface area contributed by atoms with Gasteiger partial charge in [-0.1, -0.05) is 30.3 Å². The number of ether oxygens (including phenoxy) is 2.